The maximum absolute atomic E-state index is 5.24. The van der Waals surface area contributed by atoms with Gasteiger partial charge in [0.05, 0.1) is 18.5 Å². The van der Waals surface area contributed by atoms with Crippen molar-refractivity contribution in [2.24, 2.45) is 0 Å². The molecule has 0 bridgehead atoms. The molecule has 0 spiro atoms. The first-order chi connectivity index (χ1) is 11.8. The number of aromatic nitrogens is 1. The van der Waals surface area contributed by atoms with Crippen molar-refractivity contribution >= 4 is 28.9 Å². The summed E-state index contributed by atoms with van der Waals surface area (Å²) in [5.74, 6) is 0.914. The molecule has 0 atom stereocenters. The molecular formula is C21H25ClN2O2. The first-order valence-electron chi connectivity index (χ1n) is 8.59. The van der Waals surface area contributed by atoms with Crippen molar-refractivity contribution in [3.8, 4) is 5.75 Å². The molecule has 3 aromatic rings. The van der Waals surface area contributed by atoms with Gasteiger partial charge in [-0.1, -0.05) is 36.4 Å². The number of hydrogen-bond donors (Lipinski definition) is 0. The molecule has 5 heteroatoms. The first-order valence-corrected chi connectivity index (χ1v) is 8.59. The zero-order valence-electron chi connectivity index (χ0n) is 14.9. The Morgan fingerprint density at radius 2 is 1.85 bits per heavy atom. The maximum Gasteiger partial charge on any atom is 0.118 e. The van der Waals surface area contributed by atoms with Crippen LogP contribution in [-0.2, 0) is 12.8 Å². The quantitative estimate of drug-likeness (QED) is 0.699. The largest absolute Gasteiger partial charge is 0.497 e. The van der Waals surface area contributed by atoms with Gasteiger partial charge in [-0.3, -0.25) is 4.98 Å². The van der Waals surface area contributed by atoms with Crippen molar-refractivity contribution < 1.29 is 10.2 Å². The number of methoxy groups -OCH3 is 1. The van der Waals surface area contributed by atoms with E-state index in [1.807, 2.05) is 18.3 Å². The number of nitrogens with zero attached hydrogens (tertiary/aromatic N) is 2. The lowest BCUT2D eigenvalue weighted by Crippen LogP contribution is -2.32. The van der Waals surface area contributed by atoms with Gasteiger partial charge in [0.25, 0.3) is 0 Å². The van der Waals surface area contributed by atoms with Crippen LogP contribution in [0.25, 0.3) is 10.8 Å². The minimum absolute atomic E-state index is 0. The Kier molecular flexibility index (Phi) is 6.83. The van der Waals surface area contributed by atoms with Gasteiger partial charge in [-0.15, -0.1) is 12.4 Å². The number of aryl methyl sites for hydroxylation is 1. The Morgan fingerprint density at radius 3 is 2.62 bits per heavy atom. The standard InChI is InChI=1S/C21H22N2O.ClH.H2O/c1-24-18-10-8-16(9-11-18)12-14-23-13-4-7-20-21(23)19-6-3-2-5-17(19)15-22-20;;/h2-3,5-6,8-11,15H,4,7,12-14H2,1H3;1H;1H2. The van der Waals surface area contributed by atoms with Crippen molar-refractivity contribution in [2.45, 2.75) is 19.3 Å². The molecule has 138 valence electrons. The third-order valence-electron chi connectivity index (χ3n) is 4.84. The molecule has 26 heavy (non-hydrogen) atoms. The van der Waals surface area contributed by atoms with Crippen LogP contribution in [0.15, 0.2) is 54.7 Å². The third kappa shape index (κ3) is 3.92. The number of pyridine rings is 1. The van der Waals surface area contributed by atoms with Gasteiger partial charge in [-0.05, 0) is 37.0 Å². The van der Waals surface area contributed by atoms with Crippen LogP contribution in [0.3, 0.4) is 0 Å². The van der Waals surface area contributed by atoms with Gasteiger partial charge in [0, 0.05) is 30.1 Å². The molecule has 2 heterocycles. The van der Waals surface area contributed by atoms with Crippen LogP contribution in [0.2, 0.25) is 0 Å². The highest BCUT2D eigenvalue weighted by atomic mass is 35.5. The molecule has 2 aromatic carbocycles. The monoisotopic (exact) mass is 372 g/mol. The summed E-state index contributed by atoms with van der Waals surface area (Å²) in [5.41, 5.74) is 3.93. The first kappa shape index (κ1) is 20.0. The van der Waals surface area contributed by atoms with E-state index in [4.69, 9.17) is 9.72 Å². The highest BCUT2D eigenvalue weighted by Gasteiger charge is 2.20. The predicted molar refractivity (Wildman–Crippen MR) is 110 cm³/mol. The van der Waals surface area contributed by atoms with Crippen LogP contribution >= 0.6 is 12.4 Å². The molecule has 0 amide bonds. The third-order valence-corrected chi connectivity index (χ3v) is 4.84. The molecule has 0 saturated heterocycles. The second-order valence-electron chi connectivity index (χ2n) is 6.33. The summed E-state index contributed by atoms with van der Waals surface area (Å²) in [6.07, 6.45) is 5.31. The van der Waals surface area contributed by atoms with Crippen LogP contribution in [0.4, 0.5) is 5.69 Å². The molecule has 1 aliphatic rings. The van der Waals surface area contributed by atoms with Crippen molar-refractivity contribution in [2.75, 3.05) is 25.1 Å². The normalized spacial score (nSPS) is 12.7. The molecule has 0 aliphatic carbocycles. The van der Waals surface area contributed by atoms with E-state index in [0.717, 1.165) is 31.7 Å². The number of rotatable bonds is 4. The van der Waals surface area contributed by atoms with Crippen LogP contribution < -0.4 is 9.64 Å². The lowest BCUT2D eigenvalue weighted by Gasteiger charge is -2.32. The summed E-state index contributed by atoms with van der Waals surface area (Å²) in [6, 6.07) is 17.0. The molecule has 1 aliphatic heterocycles. The molecule has 0 saturated carbocycles. The van der Waals surface area contributed by atoms with E-state index in [1.54, 1.807) is 7.11 Å². The van der Waals surface area contributed by atoms with Gasteiger partial charge in [0.15, 0.2) is 0 Å². The van der Waals surface area contributed by atoms with Crippen LogP contribution in [0.1, 0.15) is 17.7 Å². The Labute approximate surface area is 160 Å². The SMILES string of the molecule is COc1ccc(CCN2CCCc3ncc4ccccc4c32)cc1.Cl.O. The fraction of sp³-hybridized carbons (Fsp3) is 0.286. The molecule has 1 aromatic heterocycles. The summed E-state index contributed by atoms with van der Waals surface area (Å²) in [5, 5.41) is 2.56. The lowest BCUT2D eigenvalue weighted by atomic mass is 10.0. The summed E-state index contributed by atoms with van der Waals surface area (Å²) >= 11 is 0. The van der Waals surface area contributed by atoms with Gasteiger partial charge in [0.1, 0.15) is 5.75 Å². The highest BCUT2D eigenvalue weighted by molar-refractivity contribution is 5.95. The van der Waals surface area contributed by atoms with E-state index in [0.29, 0.717) is 0 Å². The summed E-state index contributed by atoms with van der Waals surface area (Å²) in [6.45, 7) is 2.13. The maximum atomic E-state index is 5.24. The van der Waals surface area contributed by atoms with Crippen LogP contribution in [-0.4, -0.2) is 30.7 Å². The average Bonchev–Trinajstić information content (AvgIpc) is 2.66. The van der Waals surface area contributed by atoms with Crippen molar-refractivity contribution in [3.63, 3.8) is 0 Å². The van der Waals surface area contributed by atoms with Crippen molar-refractivity contribution in [3.05, 3.63) is 66.0 Å². The molecular weight excluding hydrogens is 348 g/mol. The second-order valence-corrected chi connectivity index (χ2v) is 6.33. The Hall–Kier alpha value is -2.30. The predicted octanol–water partition coefficient (Wildman–Crippen LogP) is 3.84. The minimum Gasteiger partial charge on any atom is -0.497 e. The molecule has 0 unspecified atom stereocenters. The van der Waals surface area contributed by atoms with E-state index >= 15 is 0 Å². The van der Waals surface area contributed by atoms with Crippen molar-refractivity contribution in [1.82, 2.24) is 4.98 Å². The Morgan fingerprint density at radius 1 is 1.08 bits per heavy atom. The van der Waals surface area contributed by atoms with E-state index < -0.39 is 0 Å². The zero-order valence-corrected chi connectivity index (χ0v) is 15.8. The van der Waals surface area contributed by atoms with Gasteiger partial charge in [-0.2, -0.15) is 0 Å². The second kappa shape index (κ2) is 8.88. The van der Waals surface area contributed by atoms with Crippen molar-refractivity contribution in [1.29, 1.82) is 0 Å². The summed E-state index contributed by atoms with van der Waals surface area (Å²) in [7, 11) is 1.71. The Balaban J connectivity index is 0.00000121. The molecule has 4 nitrogen and oxygen atoms in total. The van der Waals surface area contributed by atoms with Gasteiger partial charge in [0.2, 0.25) is 0 Å². The molecule has 4 rings (SSSR count). The lowest BCUT2D eigenvalue weighted by molar-refractivity contribution is 0.414. The van der Waals surface area contributed by atoms with Crippen LogP contribution in [0, 0.1) is 0 Å². The smallest absolute Gasteiger partial charge is 0.118 e. The fourth-order valence-electron chi connectivity index (χ4n) is 3.55. The van der Waals surface area contributed by atoms with E-state index in [9.17, 15) is 0 Å². The summed E-state index contributed by atoms with van der Waals surface area (Å²) in [4.78, 5) is 7.23. The highest BCUT2D eigenvalue weighted by Crippen LogP contribution is 2.33. The van der Waals surface area contributed by atoms with E-state index in [1.165, 1.54) is 34.1 Å². The number of anilines is 1. The topological polar surface area (TPSA) is 56.9 Å². The van der Waals surface area contributed by atoms with E-state index in [-0.39, 0.29) is 17.9 Å². The number of hydrogen-bond acceptors (Lipinski definition) is 3. The molecule has 2 N–H and O–H groups in total. The number of halogens is 1. The minimum atomic E-state index is 0. The van der Waals surface area contributed by atoms with Crippen LogP contribution in [0.5, 0.6) is 5.75 Å². The number of ether oxygens (including phenoxy) is 1. The van der Waals surface area contributed by atoms with E-state index in [2.05, 4.69) is 41.3 Å². The fourth-order valence-corrected chi connectivity index (χ4v) is 3.55. The molecule has 0 radical (unpaired) electrons. The van der Waals surface area contributed by atoms with Gasteiger partial charge < -0.3 is 15.1 Å². The number of fused-ring (bicyclic) bond motifs is 3. The average molecular weight is 373 g/mol. The Bertz CT molecular complexity index is 852. The summed E-state index contributed by atoms with van der Waals surface area (Å²) < 4.78 is 5.24. The van der Waals surface area contributed by atoms with Gasteiger partial charge in [-0.25, -0.2) is 0 Å². The van der Waals surface area contributed by atoms with Gasteiger partial charge >= 0.3 is 0 Å². The zero-order chi connectivity index (χ0) is 16.4. The molecule has 0 fully saturated rings. The number of benzene rings is 2.